The highest BCUT2D eigenvalue weighted by Gasteiger charge is 2.49. The van der Waals surface area contributed by atoms with E-state index in [-0.39, 0.29) is 24.6 Å². The fourth-order valence-electron chi connectivity index (χ4n) is 4.37. The van der Waals surface area contributed by atoms with Gasteiger partial charge in [0.05, 0.1) is 5.56 Å². The molecule has 1 atom stereocenters. The van der Waals surface area contributed by atoms with E-state index in [1.807, 2.05) is 30.3 Å². The highest BCUT2D eigenvalue weighted by atomic mass is 19.4. The van der Waals surface area contributed by atoms with Gasteiger partial charge in [0, 0.05) is 44.0 Å². The normalized spacial score (nSPS) is 20.8. The molecule has 2 fully saturated rings. The summed E-state index contributed by atoms with van der Waals surface area (Å²) in [5.74, 6) is -1.94. The third-order valence-electron chi connectivity index (χ3n) is 5.95. The lowest BCUT2D eigenvalue weighted by Crippen LogP contribution is -2.58. The molecule has 1 spiro atoms. The molecule has 5 nitrogen and oxygen atoms in total. The maximum Gasteiger partial charge on any atom is 0.416 e. The number of alkyl carbamates (subject to hydrolysis) is 1. The smallest absolute Gasteiger partial charge is 0.416 e. The highest BCUT2D eigenvalue weighted by Crippen LogP contribution is 2.42. The predicted molar refractivity (Wildman–Crippen MR) is 103 cm³/mol. The molecule has 164 valence electrons. The van der Waals surface area contributed by atoms with Crippen LogP contribution in [0.15, 0.2) is 48.5 Å². The number of nitrogens with one attached hydrogen (secondary N) is 1. The van der Waals surface area contributed by atoms with Gasteiger partial charge in [-0.3, -0.25) is 4.79 Å². The number of halogens is 4. The van der Waals surface area contributed by atoms with Crippen LogP contribution >= 0.6 is 0 Å². The van der Waals surface area contributed by atoms with E-state index in [2.05, 4.69) is 5.32 Å². The Morgan fingerprint density at radius 3 is 2.42 bits per heavy atom. The van der Waals surface area contributed by atoms with Crippen LogP contribution in [0.2, 0.25) is 0 Å². The SMILES string of the molecule is O=C1NCC(c2ccccc2)C2(CCN(C(=O)c3cc(F)cc(C(F)(F)F)c3)CC2)O1. The van der Waals surface area contributed by atoms with Gasteiger partial charge in [-0.05, 0) is 23.8 Å². The van der Waals surface area contributed by atoms with Crippen LogP contribution in [0.5, 0.6) is 0 Å². The van der Waals surface area contributed by atoms with E-state index in [9.17, 15) is 27.2 Å². The summed E-state index contributed by atoms with van der Waals surface area (Å²) in [4.78, 5) is 26.1. The first kappa shape index (κ1) is 21.1. The van der Waals surface area contributed by atoms with Crippen molar-refractivity contribution in [2.75, 3.05) is 19.6 Å². The summed E-state index contributed by atoms with van der Waals surface area (Å²) in [5.41, 5.74) is -1.40. The molecule has 1 N–H and O–H groups in total. The van der Waals surface area contributed by atoms with Gasteiger partial charge in [-0.25, -0.2) is 9.18 Å². The Morgan fingerprint density at radius 2 is 1.77 bits per heavy atom. The Hall–Kier alpha value is -3.10. The van der Waals surface area contributed by atoms with E-state index >= 15 is 0 Å². The van der Waals surface area contributed by atoms with Crippen LogP contribution < -0.4 is 5.32 Å². The fourth-order valence-corrected chi connectivity index (χ4v) is 4.37. The van der Waals surface area contributed by atoms with Crippen LogP contribution in [-0.2, 0) is 10.9 Å². The van der Waals surface area contributed by atoms with Crippen LogP contribution in [0.3, 0.4) is 0 Å². The molecule has 0 aromatic heterocycles. The van der Waals surface area contributed by atoms with E-state index in [1.165, 1.54) is 4.90 Å². The van der Waals surface area contributed by atoms with Gasteiger partial charge in [-0.1, -0.05) is 30.3 Å². The molecule has 2 aliphatic rings. The van der Waals surface area contributed by atoms with Crippen LogP contribution in [-0.4, -0.2) is 42.1 Å². The number of nitrogens with zero attached hydrogens (tertiary/aromatic N) is 1. The molecule has 31 heavy (non-hydrogen) atoms. The first-order valence-corrected chi connectivity index (χ1v) is 9.87. The third kappa shape index (κ3) is 4.22. The van der Waals surface area contributed by atoms with Gasteiger partial charge in [-0.2, -0.15) is 13.2 Å². The zero-order valence-corrected chi connectivity index (χ0v) is 16.4. The quantitative estimate of drug-likeness (QED) is 0.713. The van der Waals surface area contributed by atoms with Gasteiger partial charge in [0.25, 0.3) is 5.91 Å². The first-order valence-electron chi connectivity index (χ1n) is 9.87. The maximum absolute atomic E-state index is 13.7. The van der Waals surface area contributed by atoms with E-state index in [0.29, 0.717) is 31.5 Å². The molecule has 1 unspecified atom stereocenters. The Kier molecular flexibility index (Phi) is 5.36. The number of likely N-dealkylation sites (tertiary alicyclic amines) is 1. The van der Waals surface area contributed by atoms with Crippen molar-refractivity contribution in [1.82, 2.24) is 10.2 Å². The number of carbonyl (C=O) groups excluding carboxylic acids is 2. The summed E-state index contributed by atoms with van der Waals surface area (Å²) in [6.07, 6.45) is -4.64. The van der Waals surface area contributed by atoms with Gasteiger partial charge < -0.3 is 15.0 Å². The number of benzene rings is 2. The minimum atomic E-state index is -4.75. The number of carbonyl (C=O) groups is 2. The van der Waals surface area contributed by atoms with E-state index in [1.54, 1.807) is 0 Å². The van der Waals surface area contributed by atoms with Crippen molar-refractivity contribution in [2.24, 2.45) is 0 Å². The lowest BCUT2D eigenvalue weighted by molar-refractivity contribution is -0.137. The largest absolute Gasteiger partial charge is 0.442 e. The zero-order valence-electron chi connectivity index (χ0n) is 16.4. The van der Waals surface area contributed by atoms with E-state index in [4.69, 9.17) is 4.74 Å². The summed E-state index contributed by atoms with van der Waals surface area (Å²) in [5, 5.41) is 2.70. The molecule has 2 amide bonds. The number of amides is 2. The van der Waals surface area contributed by atoms with Crippen molar-refractivity contribution in [3.8, 4) is 0 Å². The zero-order chi connectivity index (χ0) is 22.2. The molecular weight excluding hydrogens is 416 g/mol. The molecule has 4 rings (SSSR count). The number of piperidine rings is 1. The minimum absolute atomic E-state index is 0.130. The summed E-state index contributed by atoms with van der Waals surface area (Å²) >= 11 is 0. The molecule has 0 radical (unpaired) electrons. The molecule has 2 saturated heterocycles. The van der Waals surface area contributed by atoms with Crippen molar-refractivity contribution in [3.63, 3.8) is 0 Å². The number of hydrogen-bond acceptors (Lipinski definition) is 3. The second-order valence-electron chi connectivity index (χ2n) is 7.82. The lowest BCUT2D eigenvalue weighted by Gasteiger charge is -2.48. The molecule has 2 aliphatic heterocycles. The Balaban J connectivity index is 1.54. The topological polar surface area (TPSA) is 58.6 Å². The average molecular weight is 436 g/mol. The minimum Gasteiger partial charge on any atom is -0.442 e. The molecule has 0 saturated carbocycles. The van der Waals surface area contributed by atoms with Gasteiger partial charge in [0.1, 0.15) is 11.4 Å². The van der Waals surface area contributed by atoms with E-state index in [0.717, 1.165) is 11.6 Å². The second-order valence-corrected chi connectivity index (χ2v) is 7.82. The van der Waals surface area contributed by atoms with Crippen molar-refractivity contribution in [1.29, 1.82) is 0 Å². The van der Waals surface area contributed by atoms with Crippen molar-refractivity contribution < 1.29 is 31.9 Å². The van der Waals surface area contributed by atoms with Gasteiger partial charge >= 0.3 is 12.3 Å². The van der Waals surface area contributed by atoms with Crippen molar-refractivity contribution in [3.05, 3.63) is 71.0 Å². The average Bonchev–Trinajstić information content (AvgIpc) is 2.73. The summed E-state index contributed by atoms with van der Waals surface area (Å²) in [6, 6.07) is 11.4. The summed E-state index contributed by atoms with van der Waals surface area (Å²) in [7, 11) is 0. The molecule has 0 bridgehead atoms. The Bertz CT molecular complexity index is 986. The standard InChI is InChI=1S/C22H20F4N2O3/c23-17-11-15(10-16(12-17)22(24,25)26)19(29)28-8-6-21(7-9-28)18(13-27-20(30)31-21)14-4-2-1-3-5-14/h1-5,10-12,18H,6-9,13H2,(H,27,30). The molecule has 0 aliphatic carbocycles. The number of rotatable bonds is 2. The first-order chi connectivity index (χ1) is 14.7. The number of alkyl halides is 3. The van der Waals surface area contributed by atoms with Gasteiger partial charge in [0.2, 0.25) is 0 Å². The predicted octanol–water partition coefficient (Wildman–Crippen LogP) is 4.34. The van der Waals surface area contributed by atoms with Gasteiger partial charge in [-0.15, -0.1) is 0 Å². The highest BCUT2D eigenvalue weighted by molar-refractivity contribution is 5.94. The number of ether oxygens (including phenoxy) is 1. The molecule has 2 aromatic carbocycles. The van der Waals surface area contributed by atoms with Crippen LogP contribution in [0.4, 0.5) is 22.4 Å². The molecule has 9 heteroatoms. The van der Waals surface area contributed by atoms with Crippen molar-refractivity contribution in [2.45, 2.75) is 30.5 Å². The monoisotopic (exact) mass is 436 g/mol. The fraction of sp³-hybridized carbons (Fsp3) is 0.364. The van der Waals surface area contributed by atoms with Crippen LogP contribution in [0.1, 0.15) is 40.2 Å². The second kappa shape index (κ2) is 7.86. The number of hydrogen-bond donors (Lipinski definition) is 1. The molecule has 2 heterocycles. The Morgan fingerprint density at radius 1 is 1.10 bits per heavy atom. The van der Waals surface area contributed by atoms with Crippen molar-refractivity contribution >= 4 is 12.0 Å². The molecular formula is C22H20F4N2O3. The van der Waals surface area contributed by atoms with Crippen LogP contribution in [0, 0.1) is 5.82 Å². The van der Waals surface area contributed by atoms with Crippen LogP contribution in [0.25, 0.3) is 0 Å². The lowest BCUT2D eigenvalue weighted by atomic mass is 9.74. The Labute approximate surface area is 176 Å². The maximum atomic E-state index is 13.7. The molecule has 2 aromatic rings. The van der Waals surface area contributed by atoms with E-state index < -0.39 is 35.2 Å². The third-order valence-corrected chi connectivity index (χ3v) is 5.95. The van der Waals surface area contributed by atoms with Gasteiger partial charge in [0.15, 0.2) is 0 Å². The summed E-state index contributed by atoms with van der Waals surface area (Å²) in [6.45, 7) is 0.732. The summed E-state index contributed by atoms with van der Waals surface area (Å²) < 4.78 is 58.4.